The number of amides is 1. The van der Waals surface area contributed by atoms with Crippen molar-refractivity contribution in [3.8, 4) is 0 Å². The normalized spacial score (nSPS) is 14.7. The Bertz CT molecular complexity index is 466. The molecule has 0 unspecified atom stereocenters. The lowest BCUT2D eigenvalue weighted by Gasteiger charge is -2.22. The molecular weight excluding hydrogens is 260 g/mol. The molecule has 1 aromatic carbocycles. The van der Waals surface area contributed by atoms with Gasteiger partial charge in [0.25, 0.3) is 0 Å². The molecule has 0 saturated heterocycles. The molecule has 3 nitrogen and oxygen atoms in total. The fraction of sp³-hybridized carbons (Fsp3) is 0.611. The highest BCUT2D eigenvalue weighted by Crippen LogP contribution is 2.27. The van der Waals surface area contributed by atoms with E-state index in [4.69, 9.17) is 0 Å². The lowest BCUT2D eigenvalue weighted by molar-refractivity contribution is -0.117. The van der Waals surface area contributed by atoms with E-state index in [9.17, 15) is 4.79 Å². The Morgan fingerprint density at radius 1 is 1.33 bits per heavy atom. The van der Waals surface area contributed by atoms with Crippen LogP contribution in [-0.2, 0) is 11.2 Å². The molecule has 0 aliphatic heterocycles. The highest BCUT2D eigenvalue weighted by molar-refractivity contribution is 5.93. The van der Waals surface area contributed by atoms with Gasteiger partial charge in [0.2, 0.25) is 5.91 Å². The first kappa shape index (κ1) is 16.0. The second kappa shape index (κ2) is 7.60. The van der Waals surface area contributed by atoms with Crippen LogP contribution in [0.2, 0.25) is 0 Å². The summed E-state index contributed by atoms with van der Waals surface area (Å²) in [5, 5.41) is 3.08. The Kier molecular flexibility index (Phi) is 5.80. The summed E-state index contributed by atoms with van der Waals surface area (Å²) < 4.78 is 0. The number of aryl methyl sites for hydroxylation is 1. The van der Waals surface area contributed by atoms with Gasteiger partial charge in [0.05, 0.1) is 6.54 Å². The topological polar surface area (TPSA) is 32.3 Å². The number of nitrogens with zero attached hydrogens (tertiary/aromatic N) is 1. The molecule has 1 aliphatic carbocycles. The number of hydrogen-bond donors (Lipinski definition) is 1. The lowest BCUT2D eigenvalue weighted by atomic mass is 10.1. The number of nitrogens with one attached hydrogen (secondary N) is 1. The summed E-state index contributed by atoms with van der Waals surface area (Å²) in [5.41, 5.74) is 2.16. The smallest absolute Gasteiger partial charge is 0.238 e. The van der Waals surface area contributed by atoms with Gasteiger partial charge in [-0.2, -0.15) is 0 Å². The van der Waals surface area contributed by atoms with E-state index < -0.39 is 0 Å². The molecule has 0 atom stereocenters. The first-order valence-corrected chi connectivity index (χ1v) is 8.22. The molecule has 1 amide bonds. The zero-order valence-corrected chi connectivity index (χ0v) is 13.6. The van der Waals surface area contributed by atoms with Crippen molar-refractivity contribution in [2.24, 2.45) is 5.92 Å². The van der Waals surface area contributed by atoms with Crippen molar-refractivity contribution in [1.82, 2.24) is 4.90 Å². The van der Waals surface area contributed by atoms with Gasteiger partial charge in [0.15, 0.2) is 0 Å². The molecule has 1 fully saturated rings. The van der Waals surface area contributed by atoms with Crippen LogP contribution in [0.3, 0.4) is 0 Å². The first-order valence-electron chi connectivity index (χ1n) is 8.22. The van der Waals surface area contributed by atoms with E-state index >= 15 is 0 Å². The van der Waals surface area contributed by atoms with Gasteiger partial charge in [0.1, 0.15) is 0 Å². The molecule has 2 rings (SSSR count). The summed E-state index contributed by atoms with van der Waals surface area (Å²) in [6, 6.07) is 8.70. The van der Waals surface area contributed by atoms with Crippen LogP contribution in [-0.4, -0.2) is 29.9 Å². The first-order chi connectivity index (χ1) is 10.1. The minimum atomic E-state index is 0.117. The molecule has 0 radical (unpaired) electrons. The third-order valence-electron chi connectivity index (χ3n) is 4.08. The minimum absolute atomic E-state index is 0.117. The van der Waals surface area contributed by atoms with E-state index in [-0.39, 0.29) is 5.91 Å². The molecule has 1 N–H and O–H groups in total. The van der Waals surface area contributed by atoms with Crippen molar-refractivity contribution < 1.29 is 4.79 Å². The van der Waals surface area contributed by atoms with Crippen molar-refractivity contribution in [3.05, 3.63) is 29.8 Å². The summed E-state index contributed by atoms with van der Waals surface area (Å²) >= 11 is 0. The van der Waals surface area contributed by atoms with E-state index in [0.717, 1.165) is 25.1 Å². The molecule has 1 aliphatic rings. The maximum absolute atomic E-state index is 12.3. The molecular formula is C18H28N2O. The average Bonchev–Trinajstić information content (AvgIpc) is 3.28. The zero-order valence-electron chi connectivity index (χ0n) is 13.6. The van der Waals surface area contributed by atoms with E-state index in [1.54, 1.807) is 0 Å². The number of carbonyl (C=O) groups excluding carboxylic acids is 1. The Morgan fingerprint density at radius 2 is 2.05 bits per heavy atom. The Hall–Kier alpha value is -1.35. The molecule has 0 bridgehead atoms. The summed E-state index contributed by atoms with van der Waals surface area (Å²) in [6.45, 7) is 8.15. The Labute approximate surface area is 128 Å². The molecule has 0 spiro atoms. The number of benzene rings is 1. The van der Waals surface area contributed by atoms with Crippen molar-refractivity contribution in [2.75, 3.05) is 18.4 Å². The van der Waals surface area contributed by atoms with Crippen LogP contribution < -0.4 is 5.32 Å². The number of hydrogen-bond acceptors (Lipinski definition) is 2. The predicted molar refractivity (Wildman–Crippen MR) is 88.5 cm³/mol. The second-order valence-electron chi connectivity index (χ2n) is 6.44. The number of anilines is 1. The highest BCUT2D eigenvalue weighted by atomic mass is 16.2. The number of rotatable bonds is 8. The third kappa shape index (κ3) is 5.16. The molecule has 0 aromatic heterocycles. The molecule has 21 heavy (non-hydrogen) atoms. The van der Waals surface area contributed by atoms with Gasteiger partial charge < -0.3 is 5.32 Å². The van der Waals surface area contributed by atoms with Crippen LogP contribution in [0.25, 0.3) is 0 Å². The van der Waals surface area contributed by atoms with Crippen molar-refractivity contribution >= 4 is 11.6 Å². The largest absolute Gasteiger partial charge is 0.325 e. The van der Waals surface area contributed by atoms with E-state index in [1.165, 1.54) is 18.4 Å². The van der Waals surface area contributed by atoms with Gasteiger partial charge in [-0.15, -0.1) is 0 Å². The van der Waals surface area contributed by atoms with Crippen LogP contribution in [0, 0.1) is 5.92 Å². The summed E-state index contributed by atoms with van der Waals surface area (Å²) in [5.74, 6) is 0.807. The van der Waals surface area contributed by atoms with Crippen LogP contribution >= 0.6 is 0 Å². The highest BCUT2D eigenvalue weighted by Gasteiger charge is 2.30. The van der Waals surface area contributed by atoms with Crippen molar-refractivity contribution in [2.45, 2.75) is 52.5 Å². The average molecular weight is 288 g/mol. The quantitative estimate of drug-likeness (QED) is 0.791. The fourth-order valence-electron chi connectivity index (χ4n) is 2.58. The Morgan fingerprint density at radius 3 is 2.67 bits per heavy atom. The number of para-hydroxylation sites is 1. The third-order valence-corrected chi connectivity index (χ3v) is 4.08. The van der Waals surface area contributed by atoms with Gasteiger partial charge >= 0.3 is 0 Å². The standard InChI is InChI=1S/C18H28N2O/c1-4-15-7-5-6-8-17(15)19-18(21)13-20(16-9-10-16)12-11-14(2)3/h5-8,14,16H,4,9-13H2,1-3H3,(H,19,21). The van der Waals surface area contributed by atoms with Crippen molar-refractivity contribution in [1.29, 1.82) is 0 Å². The summed E-state index contributed by atoms with van der Waals surface area (Å²) in [6.07, 6.45) is 4.60. The van der Waals surface area contributed by atoms with Crippen LogP contribution in [0.1, 0.15) is 45.6 Å². The van der Waals surface area contributed by atoms with Crippen molar-refractivity contribution in [3.63, 3.8) is 0 Å². The van der Waals surface area contributed by atoms with Gasteiger partial charge in [-0.05, 0) is 49.8 Å². The minimum Gasteiger partial charge on any atom is -0.325 e. The monoisotopic (exact) mass is 288 g/mol. The molecule has 0 heterocycles. The van der Waals surface area contributed by atoms with Crippen LogP contribution in [0.5, 0.6) is 0 Å². The van der Waals surface area contributed by atoms with Crippen LogP contribution in [0.15, 0.2) is 24.3 Å². The maximum Gasteiger partial charge on any atom is 0.238 e. The van der Waals surface area contributed by atoms with E-state index in [0.29, 0.717) is 18.5 Å². The molecule has 1 aromatic rings. The second-order valence-corrected chi connectivity index (χ2v) is 6.44. The van der Waals surface area contributed by atoms with Gasteiger partial charge in [-0.25, -0.2) is 0 Å². The fourth-order valence-corrected chi connectivity index (χ4v) is 2.58. The van der Waals surface area contributed by atoms with Gasteiger partial charge in [-0.1, -0.05) is 39.0 Å². The summed E-state index contributed by atoms with van der Waals surface area (Å²) in [4.78, 5) is 14.7. The van der Waals surface area contributed by atoms with Gasteiger partial charge in [0, 0.05) is 11.7 Å². The van der Waals surface area contributed by atoms with Gasteiger partial charge in [-0.3, -0.25) is 9.69 Å². The summed E-state index contributed by atoms with van der Waals surface area (Å²) in [7, 11) is 0. The number of carbonyl (C=O) groups is 1. The van der Waals surface area contributed by atoms with E-state index in [2.05, 4.69) is 37.1 Å². The maximum atomic E-state index is 12.3. The predicted octanol–water partition coefficient (Wildman–Crippen LogP) is 3.70. The van der Waals surface area contributed by atoms with E-state index in [1.807, 2.05) is 18.2 Å². The lowest BCUT2D eigenvalue weighted by Crippen LogP contribution is -2.36. The molecule has 3 heteroatoms. The zero-order chi connectivity index (χ0) is 15.2. The SMILES string of the molecule is CCc1ccccc1NC(=O)CN(CCC(C)C)C1CC1. The van der Waals surface area contributed by atoms with Crippen LogP contribution in [0.4, 0.5) is 5.69 Å². The Balaban J connectivity index is 1.89. The molecule has 116 valence electrons. The molecule has 1 saturated carbocycles.